The van der Waals surface area contributed by atoms with Crippen LogP contribution in [0.25, 0.3) is 0 Å². The zero-order valence-electron chi connectivity index (χ0n) is 16.2. The lowest BCUT2D eigenvalue weighted by molar-refractivity contribution is -0.862. The second-order valence-corrected chi connectivity index (χ2v) is 7.30. The molecule has 1 unspecified atom stereocenters. The van der Waals surface area contributed by atoms with Crippen LogP contribution in [0.3, 0.4) is 0 Å². The second kappa shape index (κ2) is 10.7. The molecule has 2 amide bonds. The molecule has 0 aliphatic heterocycles. The molecule has 0 saturated carbocycles. The topological polar surface area (TPSA) is 53.9 Å². The lowest BCUT2D eigenvalue weighted by Crippen LogP contribution is -3.11. The Morgan fingerprint density at radius 2 is 1.70 bits per heavy atom. The molecule has 0 aliphatic carbocycles. The summed E-state index contributed by atoms with van der Waals surface area (Å²) in [5.74, 6) is -0.0379. The van der Waals surface area contributed by atoms with Crippen LogP contribution in [0.4, 0.5) is 5.69 Å². The van der Waals surface area contributed by atoms with Gasteiger partial charge < -0.3 is 15.1 Å². The number of benzene rings is 2. The molecule has 2 aromatic rings. The Balaban J connectivity index is 1.86. The van der Waals surface area contributed by atoms with E-state index in [4.69, 9.17) is 0 Å². The van der Waals surface area contributed by atoms with E-state index in [1.807, 2.05) is 79.7 Å². The Hall–Kier alpha value is -2.31. The second-order valence-electron chi connectivity index (χ2n) is 6.45. The van der Waals surface area contributed by atoms with Gasteiger partial charge in [0.25, 0.3) is 11.8 Å². The minimum Gasteiger partial charge on any atom is -0.334 e. The summed E-state index contributed by atoms with van der Waals surface area (Å²) < 4.78 is 0. The third-order valence-corrected chi connectivity index (χ3v) is 5.04. The normalized spacial score (nSPS) is 11.7. The number of carbonyl (C=O) groups excluding carboxylic acids is 2. The maximum Gasteiger partial charge on any atom is 0.279 e. The molecule has 6 heteroatoms. The Kier molecular flexibility index (Phi) is 8.36. The molecule has 0 bridgehead atoms. The van der Waals surface area contributed by atoms with Gasteiger partial charge in [-0.25, -0.2) is 0 Å². The smallest absolute Gasteiger partial charge is 0.279 e. The molecule has 0 aromatic heterocycles. The van der Waals surface area contributed by atoms with Crippen LogP contribution in [-0.4, -0.2) is 49.7 Å². The first kappa shape index (κ1) is 21.0. The fourth-order valence-corrected chi connectivity index (χ4v) is 3.38. The molecular weight excluding hydrogens is 358 g/mol. The van der Waals surface area contributed by atoms with E-state index in [2.05, 4.69) is 5.32 Å². The van der Waals surface area contributed by atoms with Gasteiger partial charge in [-0.1, -0.05) is 42.5 Å². The summed E-state index contributed by atoms with van der Waals surface area (Å²) in [5.41, 5.74) is 1.92. The lowest BCUT2D eigenvalue weighted by atomic mass is 10.2. The summed E-state index contributed by atoms with van der Waals surface area (Å²) in [7, 11) is 1.87. The summed E-state index contributed by atoms with van der Waals surface area (Å²) in [6.07, 6.45) is 1.98. The zero-order chi connectivity index (χ0) is 19.6. The third kappa shape index (κ3) is 6.73. The highest BCUT2D eigenvalue weighted by Crippen LogP contribution is 2.24. The van der Waals surface area contributed by atoms with Crippen molar-refractivity contribution in [2.75, 3.05) is 38.3 Å². The molecule has 0 saturated heterocycles. The van der Waals surface area contributed by atoms with Gasteiger partial charge in [0.15, 0.2) is 13.1 Å². The fourth-order valence-electron chi connectivity index (χ4n) is 2.83. The molecule has 1 atom stereocenters. The number of nitrogens with zero attached hydrogens (tertiary/aromatic N) is 1. The van der Waals surface area contributed by atoms with Crippen molar-refractivity contribution in [2.45, 2.75) is 18.4 Å². The van der Waals surface area contributed by atoms with E-state index >= 15 is 0 Å². The van der Waals surface area contributed by atoms with Gasteiger partial charge in [0.05, 0.1) is 12.7 Å². The summed E-state index contributed by atoms with van der Waals surface area (Å²) in [5, 5.41) is 2.94. The molecule has 2 aromatic carbocycles. The Morgan fingerprint density at radius 1 is 1.04 bits per heavy atom. The highest BCUT2D eigenvalue weighted by molar-refractivity contribution is 7.98. The molecular formula is C21H28N3O2S+. The van der Waals surface area contributed by atoms with Crippen LogP contribution in [0.2, 0.25) is 0 Å². The number of hydrogen-bond acceptors (Lipinski definition) is 3. The molecule has 0 radical (unpaired) electrons. The monoisotopic (exact) mass is 386 g/mol. The number of para-hydroxylation sites is 1. The Morgan fingerprint density at radius 3 is 2.37 bits per heavy atom. The van der Waals surface area contributed by atoms with Gasteiger partial charge in [0.2, 0.25) is 0 Å². The number of quaternary nitrogens is 1. The van der Waals surface area contributed by atoms with Crippen LogP contribution in [0.5, 0.6) is 0 Å². The predicted octanol–water partition coefficient (Wildman–Crippen LogP) is 1.91. The van der Waals surface area contributed by atoms with Gasteiger partial charge in [-0.05, 0) is 30.9 Å². The number of rotatable bonds is 9. The van der Waals surface area contributed by atoms with E-state index in [0.29, 0.717) is 13.1 Å². The van der Waals surface area contributed by atoms with Gasteiger partial charge in [0.1, 0.15) is 0 Å². The summed E-state index contributed by atoms with van der Waals surface area (Å²) in [4.78, 5) is 28.6. The first-order chi connectivity index (χ1) is 13.0. The van der Waals surface area contributed by atoms with E-state index in [9.17, 15) is 9.59 Å². The average molecular weight is 387 g/mol. The average Bonchev–Trinajstić information content (AvgIpc) is 2.67. The van der Waals surface area contributed by atoms with Crippen molar-refractivity contribution in [1.29, 1.82) is 0 Å². The SMILES string of the molecule is CCN(Cc1ccccc1)C(=O)C[NH+](C)CC(=O)Nc1ccccc1SC. The number of amides is 2. The van der Waals surface area contributed by atoms with Crippen molar-refractivity contribution in [1.82, 2.24) is 4.90 Å². The van der Waals surface area contributed by atoms with Crippen LogP contribution >= 0.6 is 11.8 Å². The van der Waals surface area contributed by atoms with Crippen LogP contribution < -0.4 is 10.2 Å². The van der Waals surface area contributed by atoms with Gasteiger partial charge in [-0.15, -0.1) is 11.8 Å². The van der Waals surface area contributed by atoms with Crippen molar-refractivity contribution < 1.29 is 14.5 Å². The molecule has 144 valence electrons. The van der Waals surface area contributed by atoms with Crippen LogP contribution in [-0.2, 0) is 16.1 Å². The minimum absolute atomic E-state index is 0.0520. The number of carbonyl (C=O) groups is 2. The number of hydrogen-bond donors (Lipinski definition) is 2. The molecule has 5 nitrogen and oxygen atoms in total. The van der Waals surface area contributed by atoms with Crippen LogP contribution in [0.1, 0.15) is 12.5 Å². The molecule has 0 spiro atoms. The maximum atomic E-state index is 12.6. The van der Waals surface area contributed by atoms with Crippen molar-refractivity contribution >= 4 is 29.3 Å². The van der Waals surface area contributed by atoms with Crippen LogP contribution in [0, 0.1) is 0 Å². The standard InChI is InChI=1S/C21H27N3O2S/c1-4-24(14-17-10-6-5-7-11-17)21(26)16-23(2)15-20(25)22-18-12-8-9-13-19(18)27-3/h5-13H,4,14-16H2,1-3H3,(H,22,25)/p+1. The summed E-state index contributed by atoms with van der Waals surface area (Å²) >= 11 is 1.59. The van der Waals surface area contributed by atoms with Gasteiger partial charge in [0, 0.05) is 18.0 Å². The number of thioether (sulfide) groups is 1. The number of nitrogens with one attached hydrogen (secondary N) is 2. The first-order valence-corrected chi connectivity index (χ1v) is 10.3. The number of anilines is 1. The molecule has 2 N–H and O–H groups in total. The van der Waals surface area contributed by atoms with Crippen molar-refractivity contribution in [2.24, 2.45) is 0 Å². The highest BCUT2D eigenvalue weighted by Gasteiger charge is 2.19. The maximum absolute atomic E-state index is 12.6. The van der Waals surface area contributed by atoms with E-state index in [-0.39, 0.29) is 24.9 Å². The molecule has 0 aliphatic rings. The van der Waals surface area contributed by atoms with Crippen molar-refractivity contribution in [3.63, 3.8) is 0 Å². The Bertz CT molecular complexity index is 752. The molecule has 0 heterocycles. The zero-order valence-corrected chi connectivity index (χ0v) is 17.0. The first-order valence-electron chi connectivity index (χ1n) is 9.09. The lowest BCUT2D eigenvalue weighted by Gasteiger charge is -2.22. The molecule has 27 heavy (non-hydrogen) atoms. The molecule has 2 rings (SSSR count). The van der Waals surface area contributed by atoms with Gasteiger partial charge in [-0.3, -0.25) is 9.59 Å². The summed E-state index contributed by atoms with van der Waals surface area (Å²) in [6, 6.07) is 17.7. The largest absolute Gasteiger partial charge is 0.334 e. The molecule has 0 fully saturated rings. The summed E-state index contributed by atoms with van der Waals surface area (Å²) in [6.45, 7) is 3.75. The van der Waals surface area contributed by atoms with E-state index in [1.165, 1.54) is 0 Å². The van der Waals surface area contributed by atoms with Crippen molar-refractivity contribution in [3.8, 4) is 0 Å². The van der Waals surface area contributed by atoms with Gasteiger partial charge in [-0.2, -0.15) is 0 Å². The van der Waals surface area contributed by atoms with E-state index in [0.717, 1.165) is 21.0 Å². The minimum atomic E-state index is -0.0899. The quantitative estimate of drug-likeness (QED) is 0.648. The number of likely N-dealkylation sites (N-methyl/N-ethyl adjacent to an activating group) is 2. The van der Waals surface area contributed by atoms with Gasteiger partial charge >= 0.3 is 0 Å². The van der Waals surface area contributed by atoms with E-state index < -0.39 is 0 Å². The predicted molar refractivity (Wildman–Crippen MR) is 111 cm³/mol. The Labute approximate surface area is 165 Å². The highest BCUT2D eigenvalue weighted by atomic mass is 32.2. The van der Waals surface area contributed by atoms with E-state index in [1.54, 1.807) is 11.8 Å². The van der Waals surface area contributed by atoms with Crippen molar-refractivity contribution in [3.05, 3.63) is 60.2 Å². The van der Waals surface area contributed by atoms with Crippen LogP contribution in [0.15, 0.2) is 59.5 Å². The fraction of sp³-hybridized carbons (Fsp3) is 0.333. The third-order valence-electron chi connectivity index (χ3n) is 4.25.